The molecule has 2 fully saturated rings. The van der Waals surface area contributed by atoms with Gasteiger partial charge in [-0.2, -0.15) is 0 Å². The Hall–Kier alpha value is -4.19. The van der Waals surface area contributed by atoms with Gasteiger partial charge in [-0.05, 0) is 16.7 Å². The first-order chi connectivity index (χ1) is 31.1. The molecule has 63 heavy (non-hydrogen) atoms. The van der Waals surface area contributed by atoms with Crippen LogP contribution >= 0.6 is 15.9 Å². The highest BCUT2D eigenvalue weighted by Gasteiger charge is 2.24. The molecule has 3 N–H and O–H groups in total. The van der Waals surface area contributed by atoms with E-state index in [0.29, 0.717) is 72.0 Å². The van der Waals surface area contributed by atoms with Crippen molar-refractivity contribution in [2.75, 3.05) is 71.4 Å². The summed E-state index contributed by atoms with van der Waals surface area (Å²) < 4.78 is 43.7. The van der Waals surface area contributed by atoms with Gasteiger partial charge in [-0.25, -0.2) is 0 Å². The monoisotopic (exact) mass is 934 g/mol. The number of carbonyl (C=O) groups excluding carboxylic acids is 1. The van der Waals surface area contributed by atoms with Gasteiger partial charge in [0.1, 0.15) is 19.0 Å². The van der Waals surface area contributed by atoms with Crippen LogP contribution in [0.25, 0.3) is 0 Å². The third-order valence-corrected chi connectivity index (χ3v) is 9.21. The first-order valence-corrected chi connectivity index (χ1v) is 22.0. The number of carbonyl (C=O) groups is 1. The van der Waals surface area contributed by atoms with Gasteiger partial charge in [0, 0.05) is 22.4 Å². The number of hydrogen-bond donors (Lipinski definition) is 3. The van der Waals surface area contributed by atoms with Gasteiger partial charge in [0.05, 0.1) is 85.9 Å². The topological polar surface area (TPSA) is 152 Å². The average molecular weight is 936 g/mol. The summed E-state index contributed by atoms with van der Waals surface area (Å²) in [6.07, 6.45) is -1.54. The van der Waals surface area contributed by atoms with Crippen molar-refractivity contribution < 1.29 is 58.0 Å². The molecule has 0 aliphatic carbocycles. The van der Waals surface area contributed by atoms with E-state index in [0.717, 1.165) is 28.6 Å². The maximum Gasteiger partial charge on any atom is 0.184 e. The summed E-state index contributed by atoms with van der Waals surface area (Å²) in [4.78, 5) is 8.00. The van der Waals surface area contributed by atoms with Crippen LogP contribution in [0.15, 0.2) is 152 Å². The zero-order valence-corrected chi connectivity index (χ0v) is 37.4. The minimum atomic E-state index is -0.500. The zero-order chi connectivity index (χ0) is 45.0. The molecule has 0 bridgehead atoms. The van der Waals surface area contributed by atoms with Crippen LogP contribution in [-0.4, -0.2) is 106 Å². The molecule has 0 aromatic heterocycles. The van der Waals surface area contributed by atoms with Crippen LogP contribution in [0.2, 0.25) is 0 Å². The molecule has 0 saturated carbocycles. The Bertz CT molecular complexity index is 1740. The molecule has 2 heterocycles. The number of aliphatic hydroxyl groups excluding tert-OH is 3. The van der Waals surface area contributed by atoms with Crippen LogP contribution in [0, 0.1) is 5.92 Å². The first-order valence-electron chi connectivity index (χ1n) is 20.8. The molecule has 0 unspecified atom stereocenters. The molecular weight excluding hydrogens is 872 g/mol. The van der Waals surface area contributed by atoms with Gasteiger partial charge < -0.3 is 58.0 Å². The fourth-order valence-electron chi connectivity index (χ4n) is 5.68. The molecular formula is C50H63BrO12. The van der Waals surface area contributed by atoms with E-state index in [1.165, 1.54) is 11.1 Å². The summed E-state index contributed by atoms with van der Waals surface area (Å²) >= 11 is 3.30. The normalized spacial score (nSPS) is 17.9. The molecule has 13 heteroatoms. The van der Waals surface area contributed by atoms with Crippen LogP contribution in [0.5, 0.6) is 0 Å². The van der Waals surface area contributed by atoms with E-state index in [-0.39, 0.29) is 25.8 Å². The smallest absolute Gasteiger partial charge is 0.184 e. The Morgan fingerprint density at radius 3 is 1.29 bits per heavy atom. The molecule has 5 aromatic carbocycles. The van der Waals surface area contributed by atoms with E-state index in [9.17, 15) is 0 Å². The highest BCUT2D eigenvalue weighted by molar-refractivity contribution is 9.09. The van der Waals surface area contributed by atoms with Crippen LogP contribution < -0.4 is 0 Å². The Morgan fingerprint density at radius 2 is 0.889 bits per heavy atom. The second kappa shape index (κ2) is 35.2. The molecule has 2 aliphatic rings. The fraction of sp³-hybridized carbons (Fsp3) is 0.380. The van der Waals surface area contributed by atoms with Gasteiger partial charge in [-0.1, -0.05) is 168 Å². The van der Waals surface area contributed by atoms with Crippen molar-refractivity contribution in [1.82, 2.24) is 0 Å². The van der Waals surface area contributed by atoms with Crippen molar-refractivity contribution in [1.29, 1.82) is 0 Å². The first kappa shape index (κ1) is 53.2. The average Bonchev–Trinajstić information content (AvgIpc) is 3.36. The molecule has 0 amide bonds. The summed E-state index contributed by atoms with van der Waals surface area (Å²) in [5, 5.41) is 27.5. The van der Waals surface area contributed by atoms with E-state index in [1.54, 1.807) is 0 Å². The lowest BCUT2D eigenvalue weighted by Gasteiger charge is -2.29. The number of halogens is 1. The Kier molecular flexibility index (Phi) is 29.7. The van der Waals surface area contributed by atoms with Crippen molar-refractivity contribution in [3.8, 4) is 0 Å². The number of rotatable bonds is 18. The van der Waals surface area contributed by atoms with Gasteiger partial charge in [0.15, 0.2) is 12.6 Å². The van der Waals surface area contributed by atoms with Gasteiger partial charge in [-0.3, -0.25) is 0 Å². The van der Waals surface area contributed by atoms with Crippen molar-refractivity contribution in [2.24, 2.45) is 5.92 Å². The minimum absolute atomic E-state index is 0.171. The standard InChI is InChI=1S/C18H20O3.C12H18O4.C10H12O3.C9H11BrO.CH2O/c1-3-7-15(8-4-1)11-19-12-16-13-20-18(21-14-16)17-9-5-2-6-10-17;13-8-12(9-14)16-7-6-15-10-11-4-2-1-3-5-11;11-9-6-12-10(13-7-9)8-4-2-1-3-5-8;10-6-7-11-8-9-4-2-1-3-5-9;1-2/h1-10,16,18H,11-14H2;1-5,12-14H,6-10H2;1-5,9-11H,6-7H2;1-5H,6-8H2;1H2. The van der Waals surface area contributed by atoms with Crippen molar-refractivity contribution in [3.05, 3.63) is 179 Å². The SMILES string of the molecule is BrCCOCc1ccccc1.C=O.OC1COC(c2ccccc2)OC1.OCC(CO)OCCOCc1ccccc1.c1ccc(COCC2COC(c3ccccc3)OC2)cc1. The van der Waals surface area contributed by atoms with E-state index in [2.05, 4.69) is 40.2 Å². The van der Waals surface area contributed by atoms with Crippen LogP contribution in [0.1, 0.15) is 40.4 Å². The van der Waals surface area contributed by atoms with Crippen molar-refractivity contribution in [2.45, 2.75) is 44.6 Å². The molecule has 0 radical (unpaired) electrons. The van der Waals surface area contributed by atoms with Crippen molar-refractivity contribution >= 4 is 22.7 Å². The van der Waals surface area contributed by atoms with E-state index < -0.39 is 12.2 Å². The second-order valence-corrected chi connectivity index (χ2v) is 14.8. The van der Waals surface area contributed by atoms with E-state index in [1.807, 2.05) is 134 Å². The summed E-state index contributed by atoms with van der Waals surface area (Å²) in [7, 11) is 0. The maximum atomic E-state index is 9.12. The molecule has 0 spiro atoms. The van der Waals surface area contributed by atoms with E-state index >= 15 is 0 Å². The molecule has 0 atom stereocenters. The van der Waals surface area contributed by atoms with Crippen LogP contribution in [0.4, 0.5) is 0 Å². The molecule has 7 rings (SSSR count). The van der Waals surface area contributed by atoms with Crippen LogP contribution in [-0.2, 0) is 62.5 Å². The van der Waals surface area contributed by atoms with Gasteiger partial charge in [-0.15, -0.1) is 0 Å². The highest BCUT2D eigenvalue weighted by Crippen LogP contribution is 2.25. The fourth-order valence-corrected chi connectivity index (χ4v) is 5.90. The lowest BCUT2D eigenvalue weighted by Crippen LogP contribution is -2.30. The van der Waals surface area contributed by atoms with Crippen LogP contribution in [0.3, 0.4) is 0 Å². The highest BCUT2D eigenvalue weighted by atomic mass is 79.9. The summed E-state index contributed by atoms with van der Waals surface area (Å²) in [6, 6.07) is 50.0. The summed E-state index contributed by atoms with van der Waals surface area (Å²) in [5.74, 6) is 0.300. The number of alkyl halides is 1. The Balaban J connectivity index is 0.000000227. The lowest BCUT2D eigenvalue weighted by molar-refractivity contribution is -0.220. The number of benzene rings is 5. The number of aliphatic hydroxyl groups is 3. The summed E-state index contributed by atoms with van der Waals surface area (Å²) in [5.41, 5.74) is 5.60. The molecule has 12 nitrogen and oxygen atoms in total. The third-order valence-electron chi connectivity index (χ3n) is 8.89. The van der Waals surface area contributed by atoms with E-state index in [4.69, 9.17) is 58.0 Å². The zero-order valence-electron chi connectivity index (χ0n) is 35.8. The summed E-state index contributed by atoms with van der Waals surface area (Å²) in [6.45, 7) is 7.86. The Morgan fingerprint density at radius 1 is 0.524 bits per heavy atom. The largest absolute Gasteiger partial charge is 0.394 e. The predicted octanol–water partition coefficient (Wildman–Crippen LogP) is 7.64. The maximum absolute atomic E-state index is 9.12. The molecule has 5 aromatic rings. The quantitative estimate of drug-likeness (QED) is 0.0585. The molecule has 2 saturated heterocycles. The number of hydrogen-bond acceptors (Lipinski definition) is 12. The molecule has 342 valence electrons. The third kappa shape index (κ3) is 23.9. The predicted molar refractivity (Wildman–Crippen MR) is 245 cm³/mol. The van der Waals surface area contributed by atoms with Gasteiger partial charge in [0.2, 0.25) is 0 Å². The number of ether oxygens (including phenoxy) is 8. The second-order valence-electron chi connectivity index (χ2n) is 14.0. The minimum Gasteiger partial charge on any atom is -0.394 e. The molecule has 2 aliphatic heterocycles. The van der Waals surface area contributed by atoms with Crippen molar-refractivity contribution in [3.63, 3.8) is 0 Å². The Labute approximate surface area is 380 Å². The lowest BCUT2D eigenvalue weighted by atomic mass is 10.1. The van der Waals surface area contributed by atoms with Gasteiger partial charge >= 0.3 is 0 Å². The van der Waals surface area contributed by atoms with Gasteiger partial charge in [0.25, 0.3) is 0 Å².